The van der Waals surface area contributed by atoms with Crippen LogP contribution in [0.15, 0.2) is 126 Å². The molecule has 1 fully saturated rings. The number of para-hydroxylation sites is 1. The minimum atomic E-state index is -1.07. The number of thioether (sulfide) groups is 1. The third kappa shape index (κ3) is 4.48. The van der Waals surface area contributed by atoms with Crippen molar-refractivity contribution in [3.05, 3.63) is 138 Å². The molecule has 3 amide bonds. The summed E-state index contributed by atoms with van der Waals surface area (Å²) < 4.78 is -1.07. The van der Waals surface area contributed by atoms with Gasteiger partial charge in [-0.25, -0.2) is 4.79 Å². The Morgan fingerprint density at radius 3 is 1.77 bits per heavy atom. The Bertz CT molecular complexity index is 1300. The molecular formula is C29H23N3O2S. The van der Waals surface area contributed by atoms with E-state index in [0.29, 0.717) is 17.4 Å². The molecule has 5 rings (SSSR count). The zero-order chi connectivity index (χ0) is 24.1. The number of rotatable bonds is 5. The summed E-state index contributed by atoms with van der Waals surface area (Å²) in [5.41, 5.74) is 3.29. The molecule has 1 aliphatic rings. The van der Waals surface area contributed by atoms with Crippen LogP contribution in [0.4, 0.5) is 10.5 Å². The highest BCUT2D eigenvalue weighted by Gasteiger charge is 2.54. The number of aliphatic imine (C=N–C) groups is 1. The van der Waals surface area contributed by atoms with Crippen molar-refractivity contribution in [3.8, 4) is 0 Å². The van der Waals surface area contributed by atoms with Gasteiger partial charge in [-0.1, -0.05) is 121 Å². The van der Waals surface area contributed by atoms with E-state index in [0.717, 1.165) is 16.7 Å². The summed E-state index contributed by atoms with van der Waals surface area (Å²) in [5, 5.41) is 3.17. The summed E-state index contributed by atoms with van der Waals surface area (Å²) >= 11 is 1.29. The van der Waals surface area contributed by atoms with Crippen molar-refractivity contribution >= 4 is 34.6 Å². The zero-order valence-corrected chi connectivity index (χ0v) is 19.7. The van der Waals surface area contributed by atoms with E-state index in [4.69, 9.17) is 0 Å². The lowest BCUT2D eigenvalue weighted by molar-refractivity contribution is -0.118. The number of hydrogen-bond acceptors (Lipinski definition) is 3. The zero-order valence-electron chi connectivity index (χ0n) is 18.9. The van der Waals surface area contributed by atoms with Gasteiger partial charge in [-0.2, -0.15) is 4.99 Å². The molecule has 0 unspecified atom stereocenters. The molecule has 0 bridgehead atoms. The normalized spacial score (nSPS) is 15.8. The lowest BCUT2D eigenvalue weighted by Gasteiger charge is -2.27. The van der Waals surface area contributed by atoms with Crippen LogP contribution in [0, 0.1) is 0 Å². The van der Waals surface area contributed by atoms with Gasteiger partial charge in [0.25, 0.3) is 5.91 Å². The highest BCUT2D eigenvalue weighted by molar-refractivity contribution is 8.16. The number of amides is 3. The van der Waals surface area contributed by atoms with Crippen molar-refractivity contribution in [1.29, 1.82) is 0 Å². The van der Waals surface area contributed by atoms with Gasteiger partial charge in [-0.3, -0.25) is 9.69 Å². The van der Waals surface area contributed by atoms with Crippen LogP contribution in [0.3, 0.4) is 0 Å². The first-order chi connectivity index (χ1) is 17.2. The van der Waals surface area contributed by atoms with E-state index in [2.05, 4.69) is 10.3 Å². The maximum Gasteiger partial charge on any atom is 0.343 e. The standard InChI is InChI=1S/C29H23N3O2S/c33-26-29(23-15-7-2-8-16-23,24-17-9-3-10-18-24)35-28(32(26)25-19-11-4-12-20-25)31-27(34)30-21-22-13-5-1-6-14-22/h1-20H,21H2,(H,30,34)/b31-28-. The maximum absolute atomic E-state index is 14.3. The number of nitrogens with zero attached hydrogens (tertiary/aromatic N) is 2. The average molecular weight is 478 g/mol. The Morgan fingerprint density at radius 2 is 1.23 bits per heavy atom. The monoisotopic (exact) mass is 477 g/mol. The number of amidine groups is 1. The van der Waals surface area contributed by atoms with Crippen LogP contribution in [-0.2, 0) is 16.1 Å². The van der Waals surface area contributed by atoms with Crippen LogP contribution in [0.1, 0.15) is 16.7 Å². The van der Waals surface area contributed by atoms with Crippen LogP contribution in [0.2, 0.25) is 0 Å². The molecule has 4 aromatic carbocycles. The van der Waals surface area contributed by atoms with Gasteiger partial charge >= 0.3 is 6.03 Å². The van der Waals surface area contributed by atoms with Crippen LogP contribution in [0.25, 0.3) is 0 Å². The summed E-state index contributed by atoms with van der Waals surface area (Å²) in [6, 6.07) is 37.8. The largest absolute Gasteiger partial charge is 0.343 e. The van der Waals surface area contributed by atoms with E-state index in [1.807, 2.05) is 121 Å². The summed E-state index contributed by atoms with van der Waals surface area (Å²) in [6.07, 6.45) is 0. The lowest BCUT2D eigenvalue weighted by atomic mass is 9.89. The Hall–Kier alpha value is -4.16. The van der Waals surface area contributed by atoms with Gasteiger partial charge in [0, 0.05) is 6.54 Å². The number of anilines is 1. The fraction of sp³-hybridized carbons (Fsp3) is 0.0690. The minimum Gasteiger partial charge on any atom is -0.332 e. The van der Waals surface area contributed by atoms with Crippen molar-refractivity contribution in [3.63, 3.8) is 0 Å². The second-order valence-electron chi connectivity index (χ2n) is 8.03. The van der Waals surface area contributed by atoms with Crippen molar-refractivity contribution < 1.29 is 9.59 Å². The van der Waals surface area contributed by atoms with Gasteiger partial charge in [-0.15, -0.1) is 0 Å². The van der Waals surface area contributed by atoms with E-state index >= 15 is 0 Å². The first-order valence-corrected chi connectivity index (χ1v) is 12.1. The second-order valence-corrected chi connectivity index (χ2v) is 9.21. The maximum atomic E-state index is 14.3. The van der Waals surface area contributed by atoms with E-state index in [9.17, 15) is 9.59 Å². The lowest BCUT2D eigenvalue weighted by Crippen LogP contribution is -2.39. The topological polar surface area (TPSA) is 61.8 Å². The van der Waals surface area contributed by atoms with Gasteiger partial charge in [-0.05, 0) is 28.8 Å². The number of carbonyl (C=O) groups excluding carboxylic acids is 2. The number of carbonyl (C=O) groups is 2. The van der Waals surface area contributed by atoms with E-state index in [1.54, 1.807) is 4.90 Å². The molecule has 4 aromatic rings. The Kier molecular flexibility index (Phi) is 6.46. The fourth-order valence-electron chi connectivity index (χ4n) is 4.13. The number of hydrogen-bond donors (Lipinski definition) is 1. The molecule has 0 atom stereocenters. The molecule has 0 saturated carbocycles. The minimum absolute atomic E-state index is 0.166. The average Bonchev–Trinajstić information content (AvgIpc) is 3.21. The molecule has 1 N–H and O–H groups in total. The number of urea groups is 1. The first-order valence-electron chi connectivity index (χ1n) is 11.3. The molecule has 1 saturated heterocycles. The van der Waals surface area contributed by atoms with Crippen LogP contribution >= 0.6 is 11.8 Å². The van der Waals surface area contributed by atoms with Crippen LogP contribution < -0.4 is 10.2 Å². The summed E-state index contributed by atoms with van der Waals surface area (Å²) in [5.74, 6) is -0.166. The third-order valence-electron chi connectivity index (χ3n) is 5.80. The number of benzene rings is 4. The Balaban J connectivity index is 1.58. The number of nitrogens with one attached hydrogen (secondary N) is 1. The highest BCUT2D eigenvalue weighted by atomic mass is 32.2. The van der Waals surface area contributed by atoms with Crippen molar-refractivity contribution in [2.24, 2.45) is 4.99 Å². The highest BCUT2D eigenvalue weighted by Crippen LogP contribution is 2.51. The molecule has 1 aliphatic heterocycles. The van der Waals surface area contributed by atoms with Gasteiger partial charge in [0.05, 0.1) is 5.69 Å². The molecule has 6 heteroatoms. The summed E-state index contributed by atoms with van der Waals surface area (Å²) in [6.45, 7) is 0.350. The molecule has 1 heterocycles. The third-order valence-corrected chi connectivity index (χ3v) is 7.21. The predicted octanol–water partition coefficient (Wildman–Crippen LogP) is 5.98. The first kappa shape index (κ1) is 22.6. The molecular weight excluding hydrogens is 454 g/mol. The van der Waals surface area contributed by atoms with Crippen molar-refractivity contribution in [1.82, 2.24) is 5.32 Å². The SMILES string of the molecule is O=C(/N=C1\SC(c2ccccc2)(c2ccccc2)C(=O)N1c1ccccc1)NCc1ccccc1. The van der Waals surface area contributed by atoms with Crippen LogP contribution in [-0.4, -0.2) is 17.1 Å². The molecule has 35 heavy (non-hydrogen) atoms. The summed E-state index contributed by atoms with van der Waals surface area (Å²) in [7, 11) is 0. The van der Waals surface area contributed by atoms with Gasteiger partial charge in [0.1, 0.15) is 0 Å². The van der Waals surface area contributed by atoms with E-state index in [-0.39, 0.29) is 5.91 Å². The van der Waals surface area contributed by atoms with E-state index < -0.39 is 10.8 Å². The second kappa shape index (κ2) is 9.99. The quantitative estimate of drug-likeness (QED) is 0.385. The predicted molar refractivity (Wildman–Crippen MR) is 141 cm³/mol. The molecule has 5 nitrogen and oxygen atoms in total. The van der Waals surface area contributed by atoms with Gasteiger partial charge < -0.3 is 5.32 Å². The van der Waals surface area contributed by atoms with Gasteiger partial charge in [0.15, 0.2) is 9.91 Å². The van der Waals surface area contributed by atoms with Gasteiger partial charge in [0.2, 0.25) is 0 Å². The molecule has 172 valence electrons. The van der Waals surface area contributed by atoms with Crippen molar-refractivity contribution in [2.75, 3.05) is 4.90 Å². The fourth-order valence-corrected chi connectivity index (χ4v) is 5.49. The van der Waals surface area contributed by atoms with E-state index in [1.165, 1.54) is 11.8 Å². The molecule has 0 spiro atoms. The summed E-state index contributed by atoms with van der Waals surface area (Å²) in [4.78, 5) is 33.1. The molecule has 0 aromatic heterocycles. The smallest absolute Gasteiger partial charge is 0.332 e. The Morgan fingerprint density at radius 1 is 0.743 bits per heavy atom. The molecule has 0 radical (unpaired) electrons. The Labute approximate surface area is 208 Å². The van der Waals surface area contributed by atoms with Crippen LogP contribution in [0.5, 0.6) is 0 Å². The van der Waals surface area contributed by atoms with Crippen molar-refractivity contribution in [2.45, 2.75) is 11.3 Å². The molecule has 0 aliphatic carbocycles.